The molecule has 1 aliphatic carbocycles. The van der Waals surface area contributed by atoms with Gasteiger partial charge >= 0.3 is 5.97 Å². The van der Waals surface area contributed by atoms with Crippen LogP contribution in [-0.4, -0.2) is 16.1 Å². The van der Waals surface area contributed by atoms with Crippen molar-refractivity contribution in [2.45, 2.75) is 39.7 Å². The van der Waals surface area contributed by atoms with E-state index >= 15 is 0 Å². The molecule has 0 aliphatic heterocycles. The third kappa shape index (κ3) is 3.83. The highest BCUT2D eigenvalue weighted by molar-refractivity contribution is 7.16. The molecule has 150 valence electrons. The largest absolute Gasteiger partial charge is 0.478 e. The number of nitrogens with one attached hydrogen (secondary N) is 1. The van der Waals surface area contributed by atoms with Gasteiger partial charge in [-0.25, -0.2) is 4.79 Å². The summed E-state index contributed by atoms with van der Waals surface area (Å²) >= 11 is 1.64. The van der Waals surface area contributed by atoms with Gasteiger partial charge < -0.3 is 5.11 Å². The van der Waals surface area contributed by atoms with E-state index in [-0.39, 0.29) is 5.41 Å². The third-order valence-corrected chi connectivity index (χ3v) is 6.95. The average molecular weight is 408 g/mol. The summed E-state index contributed by atoms with van der Waals surface area (Å²) < 4.78 is 0. The molecule has 0 radical (unpaired) electrons. The fourth-order valence-electron chi connectivity index (χ4n) is 4.09. The minimum Gasteiger partial charge on any atom is -0.478 e. The normalized spacial score (nSPS) is 15.1. The van der Waals surface area contributed by atoms with Crippen molar-refractivity contribution in [1.82, 2.24) is 10.4 Å². The van der Waals surface area contributed by atoms with E-state index in [1.54, 1.807) is 17.5 Å². The van der Waals surface area contributed by atoms with Crippen LogP contribution in [0.5, 0.6) is 0 Å². The maximum atomic E-state index is 12.1. The number of carboxylic acids is 1. The molecular weight excluding hydrogens is 382 g/mol. The molecule has 29 heavy (non-hydrogen) atoms. The maximum Gasteiger partial charge on any atom is 0.337 e. The summed E-state index contributed by atoms with van der Waals surface area (Å²) in [6, 6.07) is 12.0. The first-order chi connectivity index (χ1) is 13.9. The lowest BCUT2D eigenvalue weighted by atomic mass is 9.76. The number of aromatic carboxylic acids is 1. The number of hydrazine groups is 1. The molecule has 0 atom stereocenters. The van der Waals surface area contributed by atoms with Crippen molar-refractivity contribution in [1.29, 1.82) is 0 Å². The fourth-order valence-corrected chi connectivity index (χ4v) is 5.40. The number of carboxylic acid groups (broad SMARTS) is 1. The summed E-state index contributed by atoms with van der Waals surface area (Å²) in [5, 5.41) is 9.95. The van der Waals surface area contributed by atoms with E-state index in [2.05, 4.69) is 24.3 Å². The summed E-state index contributed by atoms with van der Waals surface area (Å²) in [5.74, 6) is 4.64. The van der Waals surface area contributed by atoms with Crippen LogP contribution in [0.1, 0.15) is 46.8 Å². The lowest BCUT2D eigenvalue weighted by molar-refractivity contribution is 0.0696. The Labute approximate surface area is 174 Å². The predicted octanol–water partition coefficient (Wildman–Crippen LogP) is 4.65. The van der Waals surface area contributed by atoms with Gasteiger partial charge in [0, 0.05) is 21.5 Å². The molecule has 0 saturated heterocycles. The Morgan fingerprint density at radius 3 is 2.66 bits per heavy atom. The molecule has 0 unspecified atom stereocenters. The summed E-state index contributed by atoms with van der Waals surface area (Å²) in [7, 11) is 0. The summed E-state index contributed by atoms with van der Waals surface area (Å²) in [5.41, 5.74) is 8.20. The van der Waals surface area contributed by atoms with Gasteiger partial charge in [-0.3, -0.25) is 16.3 Å². The van der Waals surface area contributed by atoms with Gasteiger partial charge in [0.25, 0.3) is 0 Å². The number of carbonyl (C=O) groups is 1. The molecule has 0 amide bonds. The lowest BCUT2D eigenvalue weighted by Crippen LogP contribution is -2.22. The van der Waals surface area contributed by atoms with E-state index in [1.165, 1.54) is 4.88 Å². The van der Waals surface area contributed by atoms with Gasteiger partial charge in [-0.05, 0) is 47.4 Å². The molecule has 4 rings (SSSR count). The Balaban J connectivity index is 1.74. The zero-order chi connectivity index (χ0) is 20.6. The fraction of sp³-hybridized carbons (Fsp3) is 0.304. The Bertz CT molecular complexity index is 1050. The monoisotopic (exact) mass is 407 g/mol. The second-order valence-corrected chi connectivity index (χ2v) is 9.42. The van der Waals surface area contributed by atoms with E-state index in [0.717, 1.165) is 52.1 Å². The first-order valence-corrected chi connectivity index (χ1v) is 10.6. The number of thiophene rings is 1. The van der Waals surface area contributed by atoms with Crippen molar-refractivity contribution >= 4 is 17.3 Å². The number of nitrogens with zero attached hydrogens (tertiary/aromatic N) is 1. The Hall–Kier alpha value is -2.54. The SMILES string of the molecule is CC1(C)CCc2sc(-c3ccc(-c4cccnc4CNN)cc3)c(C(=O)O)c2C1. The lowest BCUT2D eigenvalue weighted by Gasteiger charge is -2.29. The number of nitrogens with two attached hydrogens (primary N) is 1. The van der Waals surface area contributed by atoms with Gasteiger partial charge in [-0.15, -0.1) is 11.3 Å². The molecule has 0 saturated carbocycles. The predicted molar refractivity (Wildman–Crippen MR) is 117 cm³/mol. The van der Waals surface area contributed by atoms with Crippen LogP contribution in [0.15, 0.2) is 42.6 Å². The number of rotatable bonds is 5. The van der Waals surface area contributed by atoms with Crippen molar-refractivity contribution in [2.24, 2.45) is 11.3 Å². The van der Waals surface area contributed by atoms with Crippen molar-refractivity contribution in [2.75, 3.05) is 0 Å². The molecule has 6 heteroatoms. The van der Waals surface area contributed by atoms with Crippen molar-refractivity contribution in [3.8, 4) is 21.6 Å². The molecule has 2 heterocycles. The molecule has 0 fully saturated rings. The first kappa shape index (κ1) is 19.8. The number of benzene rings is 1. The minimum absolute atomic E-state index is 0.146. The third-order valence-electron chi connectivity index (χ3n) is 5.61. The van der Waals surface area contributed by atoms with Gasteiger partial charge in [0.15, 0.2) is 0 Å². The van der Waals surface area contributed by atoms with E-state index in [4.69, 9.17) is 5.84 Å². The maximum absolute atomic E-state index is 12.1. The molecule has 4 N–H and O–H groups in total. The number of aromatic nitrogens is 1. The second-order valence-electron chi connectivity index (χ2n) is 8.31. The summed E-state index contributed by atoms with van der Waals surface area (Å²) in [6.45, 7) is 4.92. The summed E-state index contributed by atoms with van der Waals surface area (Å²) in [4.78, 5) is 18.6. The van der Waals surface area contributed by atoms with Gasteiger partial charge in [0.2, 0.25) is 0 Å². The highest BCUT2D eigenvalue weighted by Crippen LogP contribution is 2.45. The van der Waals surface area contributed by atoms with Crippen molar-refractivity contribution < 1.29 is 9.90 Å². The van der Waals surface area contributed by atoms with Crippen LogP contribution in [0, 0.1) is 5.41 Å². The highest BCUT2D eigenvalue weighted by Gasteiger charge is 2.32. The van der Waals surface area contributed by atoms with Gasteiger partial charge in [-0.1, -0.05) is 44.2 Å². The molecule has 0 spiro atoms. The topological polar surface area (TPSA) is 88.2 Å². The molecular formula is C23H25N3O2S. The quantitative estimate of drug-likeness (QED) is 0.423. The molecule has 1 aliphatic rings. The molecule has 5 nitrogen and oxygen atoms in total. The molecule has 2 aromatic heterocycles. The van der Waals surface area contributed by atoms with E-state index in [9.17, 15) is 9.90 Å². The van der Waals surface area contributed by atoms with Crippen LogP contribution in [0.25, 0.3) is 21.6 Å². The van der Waals surface area contributed by atoms with Crippen LogP contribution < -0.4 is 11.3 Å². The Morgan fingerprint density at radius 1 is 1.24 bits per heavy atom. The molecule has 3 aromatic rings. The van der Waals surface area contributed by atoms with Crippen LogP contribution in [0.2, 0.25) is 0 Å². The highest BCUT2D eigenvalue weighted by atomic mass is 32.1. The van der Waals surface area contributed by atoms with E-state index < -0.39 is 5.97 Å². The number of aryl methyl sites for hydroxylation is 1. The van der Waals surface area contributed by atoms with E-state index in [0.29, 0.717) is 12.1 Å². The number of pyridine rings is 1. The van der Waals surface area contributed by atoms with Crippen molar-refractivity contribution in [3.63, 3.8) is 0 Å². The van der Waals surface area contributed by atoms with Gasteiger partial charge in [-0.2, -0.15) is 0 Å². The smallest absolute Gasteiger partial charge is 0.337 e. The zero-order valence-corrected chi connectivity index (χ0v) is 17.5. The summed E-state index contributed by atoms with van der Waals surface area (Å²) in [6.07, 6.45) is 4.62. The average Bonchev–Trinajstić information content (AvgIpc) is 3.06. The molecule has 0 bridgehead atoms. The standard InChI is InChI=1S/C23H25N3O2S/c1-23(2)10-9-19-17(12-23)20(22(27)28)21(29-19)15-7-5-14(6-8-15)16-4-3-11-25-18(16)13-26-24/h3-8,11,26H,9-10,12-13,24H2,1-2H3,(H,27,28). The van der Waals surface area contributed by atoms with E-state index in [1.807, 2.05) is 36.4 Å². The van der Waals surface area contributed by atoms with Crippen LogP contribution in [-0.2, 0) is 19.4 Å². The first-order valence-electron chi connectivity index (χ1n) is 9.75. The van der Waals surface area contributed by atoms with Crippen molar-refractivity contribution in [3.05, 3.63) is 64.3 Å². The Kier molecular flexibility index (Phi) is 5.25. The van der Waals surface area contributed by atoms with Crippen LogP contribution in [0.3, 0.4) is 0 Å². The number of hydrogen-bond donors (Lipinski definition) is 3. The van der Waals surface area contributed by atoms with Crippen LogP contribution >= 0.6 is 11.3 Å². The second kappa shape index (κ2) is 7.71. The minimum atomic E-state index is -0.831. The number of fused-ring (bicyclic) bond motifs is 1. The number of hydrogen-bond acceptors (Lipinski definition) is 5. The van der Waals surface area contributed by atoms with Gasteiger partial charge in [0.05, 0.1) is 17.8 Å². The van der Waals surface area contributed by atoms with Gasteiger partial charge in [0.1, 0.15) is 0 Å². The molecule has 1 aromatic carbocycles. The Morgan fingerprint density at radius 2 is 1.97 bits per heavy atom. The van der Waals surface area contributed by atoms with Crippen LogP contribution in [0.4, 0.5) is 0 Å². The zero-order valence-electron chi connectivity index (χ0n) is 16.7.